The van der Waals surface area contributed by atoms with Crippen LogP contribution in [0.25, 0.3) is 0 Å². The quantitative estimate of drug-likeness (QED) is 0.539. The average Bonchev–Trinajstić information content (AvgIpc) is 2.80. The summed E-state index contributed by atoms with van der Waals surface area (Å²) < 4.78 is 11.1. The summed E-state index contributed by atoms with van der Waals surface area (Å²) in [6, 6.07) is 23.6. The van der Waals surface area contributed by atoms with E-state index in [0.29, 0.717) is 30.2 Å². The topological polar surface area (TPSA) is 76.7 Å². The van der Waals surface area contributed by atoms with Crippen molar-refractivity contribution in [3.8, 4) is 11.5 Å². The van der Waals surface area contributed by atoms with Crippen LogP contribution in [-0.4, -0.2) is 24.5 Å². The maximum atomic E-state index is 12.4. The lowest BCUT2D eigenvalue weighted by Gasteiger charge is -2.15. The van der Waals surface area contributed by atoms with Crippen molar-refractivity contribution in [3.63, 3.8) is 0 Å². The molecule has 0 saturated carbocycles. The number of hydrogen-bond acceptors (Lipinski definition) is 4. The number of carbonyl (C=O) groups excluding carboxylic acids is 2. The van der Waals surface area contributed by atoms with Crippen LogP contribution in [0.15, 0.2) is 78.9 Å². The second kappa shape index (κ2) is 10.8. The smallest absolute Gasteiger partial charge is 0.265 e. The molecular formula is C25H26N2O4. The Bertz CT molecular complexity index is 986. The van der Waals surface area contributed by atoms with Crippen LogP contribution in [0, 0.1) is 0 Å². The fraction of sp³-hybridized carbons (Fsp3) is 0.200. The first kappa shape index (κ1) is 21.9. The molecule has 3 rings (SSSR count). The molecular weight excluding hydrogens is 392 g/mol. The van der Waals surface area contributed by atoms with Crippen molar-refractivity contribution >= 4 is 17.5 Å². The first-order valence-electron chi connectivity index (χ1n) is 10.2. The first-order chi connectivity index (χ1) is 15.0. The Morgan fingerprint density at radius 3 is 2.16 bits per heavy atom. The highest BCUT2D eigenvalue weighted by molar-refractivity contribution is 5.95. The van der Waals surface area contributed by atoms with Gasteiger partial charge < -0.3 is 20.1 Å². The SMILES string of the molecule is CCOc1ccc(NC(=O)C(C)Oc2ccc(C(=O)NCc3ccccc3)cc2)cc1. The molecule has 0 fully saturated rings. The van der Waals surface area contributed by atoms with Crippen molar-refractivity contribution in [1.29, 1.82) is 0 Å². The van der Waals surface area contributed by atoms with Crippen LogP contribution in [0.5, 0.6) is 11.5 Å². The van der Waals surface area contributed by atoms with Crippen molar-refractivity contribution < 1.29 is 19.1 Å². The molecule has 2 N–H and O–H groups in total. The lowest BCUT2D eigenvalue weighted by atomic mass is 10.2. The molecule has 0 radical (unpaired) electrons. The fourth-order valence-corrected chi connectivity index (χ4v) is 2.87. The predicted molar refractivity (Wildman–Crippen MR) is 120 cm³/mol. The number of benzene rings is 3. The van der Waals surface area contributed by atoms with Crippen LogP contribution in [0.1, 0.15) is 29.8 Å². The molecule has 0 aliphatic carbocycles. The van der Waals surface area contributed by atoms with E-state index in [4.69, 9.17) is 9.47 Å². The average molecular weight is 418 g/mol. The number of nitrogens with one attached hydrogen (secondary N) is 2. The second-order valence-electron chi connectivity index (χ2n) is 6.90. The molecule has 0 saturated heterocycles. The molecule has 0 aliphatic rings. The zero-order chi connectivity index (χ0) is 22.1. The lowest BCUT2D eigenvalue weighted by molar-refractivity contribution is -0.122. The van der Waals surface area contributed by atoms with Gasteiger partial charge in [0.05, 0.1) is 6.61 Å². The fourth-order valence-electron chi connectivity index (χ4n) is 2.87. The van der Waals surface area contributed by atoms with Crippen molar-refractivity contribution in [3.05, 3.63) is 90.0 Å². The zero-order valence-corrected chi connectivity index (χ0v) is 17.6. The highest BCUT2D eigenvalue weighted by Gasteiger charge is 2.15. The Morgan fingerprint density at radius 1 is 0.871 bits per heavy atom. The summed E-state index contributed by atoms with van der Waals surface area (Å²) in [4.78, 5) is 24.7. The number of hydrogen-bond donors (Lipinski definition) is 2. The van der Waals surface area contributed by atoms with E-state index in [1.54, 1.807) is 55.5 Å². The van der Waals surface area contributed by atoms with E-state index >= 15 is 0 Å². The Morgan fingerprint density at radius 2 is 1.52 bits per heavy atom. The predicted octanol–water partition coefficient (Wildman–Crippen LogP) is 4.42. The Hall–Kier alpha value is -3.80. The van der Waals surface area contributed by atoms with E-state index in [2.05, 4.69) is 10.6 Å². The van der Waals surface area contributed by atoms with E-state index in [-0.39, 0.29) is 11.8 Å². The minimum atomic E-state index is -0.704. The second-order valence-corrected chi connectivity index (χ2v) is 6.90. The first-order valence-corrected chi connectivity index (χ1v) is 10.2. The van der Waals surface area contributed by atoms with Crippen molar-refractivity contribution in [2.75, 3.05) is 11.9 Å². The van der Waals surface area contributed by atoms with Gasteiger partial charge in [-0.3, -0.25) is 9.59 Å². The summed E-state index contributed by atoms with van der Waals surface area (Å²) in [6.07, 6.45) is -0.704. The molecule has 3 aromatic rings. The molecule has 0 bridgehead atoms. The van der Waals surface area contributed by atoms with Gasteiger partial charge in [0, 0.05) is 17.8 Å². The summed E-state index contributed by atoms with van der Waals surface area (Å²) in [7, 11) is 0. The van der Waals surface area contributed by atoms with Gasteiger partial charge in [-0.15, -0.1) is 0 Å². The third kappa shape index (κ3) is 6.60. The molecule has 0 aromatic heterocycles. The molecule has 6 nitrogen and oxygen atoms in total. The van der Waals surface area contributed by atoms with Gasteiger partial charge >= 0.3 is 0 Å². The molecule has 31 heavy (non-hydrogen) atoms. The number of anilines is 1. The molecule has 1 atom stereocenters. The molecule has 1 unspecified atom stereocenters. The van der Waals surface area contributed by atoms with Crippen molar-refractivity contribution in [1.82, 2.24) is 5.32 Å². The number of carbonyl (C=O) groups is 2. The monoisotopic (exact) mass is 418 g/mol. The zero-order valence-electron chi connectivity index (χ0n) is 17.6. The summed E-state index contributed by atoms with van der Waals surface area (Å²) in [5, 5.41) is 5.69. The number of rotatable bonds is 9. The minimum absolute atomic E-state index is 0.170. The lowest BCUT2D eigenvalue weighted by Crippen LogP contribution is -2.30. The van der Waals surface area contributed by atoms with E-state index in [9.17, 15) is 9.59 Å². The third-order valence-corrected chi connectivity index (χ3v) is 4.53. The van der Waals surface area contributed by atoms with Crippen LogP contribution in [0.2, 0.25) is 0 Å². The summed E-state index contributed by atoms with van der Waals surface area (Å²) in [5.41, 5.74) is 2.22. The van der Waals surface area contributed by atoms with Gasteiger partial charge in [0.25, 0.3) is 11.8 Å². The molecule has 6 heteroatoms. The number of amides is 2. The van der Waals surface area contributed by atoms with Gasteiger partial charge in [-0.2, -0.15) is 0 Å². The van der Waals surface area contributed by atoms with Gasteiger partial charge in [-0.05, 0) is 67.9 Å². The van der Waals surface area contributed by atoms with E-state index < -0.39 is 6.10 Å². The summed E-state index contributed by atoms with van der Waals surface area (Å²) >= 11 is 0. The molecule has 0 heterocycles. The van der Waals surface area contributed by atoms with Gasteiger partial charge in [-0.25, -0.2) is 0 Å². The maximum Gasteiger partial charge on any atom is 0.265 e. The Kier molecular flexibility index (Phi) is 7.65. The normalized spacial score (nSPS) is 11.3. The van der Waals surface area contributed by atoms with E-state index in [1.807, 2.05) is 37.3 Å². The van der Waals surface area contributed by atoms with Crippen LogP contribution >= 0.6 is 0 Å². The van der Waals surface area contributed by atoms with E-state index in [1.165, 1.54) is 0 Å². The molecule has 160 valence electrons. The van der Waals surface area contributed by atoms with Crippen LogP contribution < -0.4 is 20.1 Å². The summed E-state index contributed by atoms with van der Waals surface area (Å²) in [6.45, 7) is 4.63. The Balaban J connectivity index is 1.50. The van der Waals surface area contributed by atoms with E-state index in [0.717, 1.165) is 11.3 Å². The van der Waals surface area contributed by atoms with Gasteiger partial charge in [0.15, 0.2) is 6.10 Å². The maximum absolute atomic E-state index is 12.4. The standard InChI is InChI=1S/C25H26N2O4/c1-3-30-22-15-11-21(12-16-22)27-24(28)18(2)31-23-13-9-20(10-14-23)25(29)26-17-19-7-5-4-6-8-19/h4-16,18H,3,17H2,1-2H3,(H,26,29)(H,27,28). The van der Waals surface area contributed by atoms with Crippen LogP contribution in [-0.2, 0) is 11.3 Å². The van der Waals surface area contributed by atoms with Crippen LogP contribution in [0.4, 0.5) is 5.69 Å². The van der Waals surface area contributed by atoms with Gasteiger partial charge in [0.2, 0.25) is 0 Å². The number of ether oxygens (including phenoxy) is 2. The Labute approximate surface area is 182 Å². The van der Waals surface area contributed by atoms with Gasteiger partial charge in [-0.1, -0.05) is 30.3 Å². The molecule has 3 aromatic carbocycles. The molecule has 0 spiro atoms. The highest BCUT2D eigenvalue weighted by Crippen LogP contribution is 2.18. The highest BCUT2D eigenvalue weighted by atomic mass is 16.5. The van der Waals surface area contributed by atoms with Gasteiger partial charge in [0.1, 0.15) is 11.5 Å². The van der Waals surface area contributed by atoms with Crippen molar-refractivity contribution in [2.45, 2.75) is 26.5 Å². The van der Waals surface area contributed by atoms with Crippen molar-refractivity contribution in [2.24, 2.45) is 0 Å². The molecule has 2 amide bonds. The molecule has 0 aliphatic heterocycles. The van der Waals surface area contributed by atoms with Crippen LogP contribution in [0.3, 0.4) is 0 Å². The summed E-state index contributed by atoms with van der Waals surface area (Å²) in [5.74, 6) is 0.817. The third-order valence-electron chi connectivity index (χ3n) is 4.53. The largest absolute Gasteiger partial charge is 0.494 e. The minimum Gasteiger partial charge on any atom is -0.494 e.